The van der Waals surface area contributed by atoms with Crippen LogP contribution in [0, 0.1) is 5.92 Å². The molecule has 1 aromatic carbocycles. The second kappa shape index (κ2) is 6.11. The second-order valence-corrected chi connectivity index (χ2v) is 4.35. The molecule has 1 atom stereocenters. The first-order chi connectivity index (χ1) is 8.66. The Morgan fingerprint density at radius 3 is 2.67 bits per heavy atom. The Kier molecular flexibility index (Phi) is 4.49. The first-order valence-electron chi connectivity index (χ1n) is 5.97. The third-order valence-corrected chi connectivity index (χ3v) is 3.14. The van der Waals surface area contributed by atoms with Crippen LogP contribution in [0.1, 0.15) is 24.5 Å². The average Bonchev–Trinajstić information content (AvgIpc) is 2.38. The minimum Gasteiger partial charge on any atom is -0.435 e. The van der Waals surface area contributed by atoms with E-state index < -0.39 is 12.7 Å². The molecule has 0 saturated carbocycles. The number of alkyl halides is 2. The highest BCUT2D eigenvalue weighted by atomic mass is 19.3. The van der Waals surface area contributed by atoms with Crippen LogP contribution in [-0.2, 0) is 4.74 Å². The maximum Gasteiger partial charge on any atom is 0.387 e. The van der Waals surface area contributed by atoms with Crippen molar-refractivity contribution in [2.24, 2.45) is 5.92 Å². The smallest absolute Gasteiger partial charge is 0.387 e. The van der Waals surface area contributed by atoms with Crippen LogP contribution in [0.2, 0.25) is 0 Å². The van der Waals surface area contributed by atoms with Crippen molar-refractivity contribution < 1.29 is 23.4 Å². The summed E-state index contributed by atoms with van der Waals surface area (Å²) in [6, 6.07) is 6.24. The Balaban J connectivity index is 2.06. The molecular formula is C13H16F2O3. The predicted molar refractivity (Wildman–Crippen MR) is 61.6 cm³/mol. The zero-order valence-corrected chi connectivity index (χ0v) is 9.89. The highest BCUT2D eigenvalue weighted by Crippen LogP contribution is 2.31. The molecule has 0 bridgehead atoms. The van der Waals surface area contributed by atoms with Crippen LogP contribution in [0.25, 0.3) is 0 Å². The number of rotatable bonds is 4. The summed E-state index contributed by atoms with van der Waals surface area (Å²) in [6.45, 7) is -1.58. The lowest BCUT2D eigenvalue weighted by Gasteiger charge is -2.27. The average molecular weight is 258 g/mol. The summed E-state index contributed by atoms with van der Waals surface area (Å²) >= 11 is 0. The van der Waals surface area contributed by atoms with Gasteiger partial charge in [-0.25, -0.2) is 0 Å². The van der Waals surface area contributed by atoms with Crippen LogP contribution in [-0.4, -0.2) is 24.9 Å². The summed E-state index contributed by atoms with van der Waals surface area (Å²) in [5.74, 6) is 0.189. The van der Waals surface area contributed by atoms with Gasteiger partial charge in [-0.05, 0) is 36.5 Å². The zero-order valence-electron chi connectivity index (χ0n) is 9.89. The van der Waals surface area contributed by atoms with E-state index in [9.17, 15) is 13.9 Å². The number of hydrogen-bond donors (Lipinski definition) is 1. The standard InChI is InChI=1S/C13H16F2O3/c14-13(15)18-11-3-1-2-10(8-11)12(16)9-4-6-17-7-5-9/h1-3,8-9,12-13,16H,4-7H2. The Morgan fingerprint density at radius 2 is 2.00 bits per heavy atom. The van der Waals surface area contributed by atoms with E-state index in [1.54, 1.807) is 12.1 Å². The molecule has 0 aliphatic carbocycles. The van der Waals surface area contributed by atoms with Gasteiger partial charge in [0.25, 0.3) is 0 Å². The molecule has 0 aromatic heterocycles. The van der Waals surface area contributed by atoms with Gasteiger partial charge in [-0.1, -0.05) is 12.1 Å². The normalized spacial score (nSPS) is 18.9. The molecule has 0 radical (unpaired) electrons. The van der Waals surface area contributed by atoms with E-state index in [0.29, 0.717) is 18.8 Å². The lowest BCUT2D eigenvalue weighted by molar-refractivity contribution is -0.0501. The monoisotopic (exact) mass is 258 g/mol. The zero-order chi connectivity index (χ0) is 13.0. The number of aliphatic hydroxyl groups is 1. The molecule has 3 nitrogen and oxygen atoms in total. The Hall–Kier alpha value is -1.20. The summed E-state index contributed by atoms with van der Waals surface area (Å²) in [5, 5.41) is 10.2. The fourth-order valence-electron chi connectivity index (χ4n) is 2.18. The van der Waals surface area contributed by atoms with E-state index in [0.717, 1.165) is 12.8 Å². The van der Waals surface area contributed by atoms with E-state index in [1.807, 2.05) is 0 Å². The molecule has 1 aliphatic rings. The SMILES string of the molecule is OC(c1cccc(OC(F)F)c1)C1CCOCC1. The molecule has 1 unspecified atom stereocenters. The molecule has 100 valence electrons. The summed E-state index contributed by atoms with van der Waals surface area (Å²) in [6.07, 6.45) is 0.900. The van der Waals surface area contributed by atoms with E-state index >= 15 is 0 Å². The third kappa shape index (κ3) is 3.40. The fourth-order valence-corrected chi connectivity index (χ4v) is 2.18. The van der Waals surface area contributed by atoms with Crippen molar-refractivity contribution in [2.45, 2.75) is 25.6 Å². The first kappa shape index (κ1) is 13.2. The number of halogens is 2. The Morgan fingerprint density at radius 1 is 1.28 bits per heavy atom. The van der Waals surface area contributed by atoms with Crippen molar-refractivity contribution in [1.29, 1.82) is 0 Å². The van der Waals surface area contributed by atoms with E-state index in [1.165, 1.54) is 12.1 Å². The highest BCUT2D eigenvalue weighted by Gasteiger charge is 2.23. The molecule has 1 aliphatic heterocycles. The number of hydrogen-bond acceptors (Lipinski definition) is 3. The van der Waals surface area contributed by atoms with Gasteiger partial charge in [-0.15, -0.1) is 0 Å². The number of ether oxygens (including phenoxy) is 2. The minimum atomic E-state index is -2.85. The largest absolute Gasteiger partial charge is 0.435 e. The van der Waals surface area contributed by atoms with Gasteiger partial charge in [-0.3, -0.25) is 0 Å². The van der Waals surface area contributed by atoms with Crippen molar-refractivity contribution in [3.05, 3.63) is 29.8 Å². The van der Waals surface area contributed by atoms with Crippen molar-refractivity contribution in [3.8, 4) is 5.75 Å². The van der Waals surface area contributed by atoms with Crippen molar-refractivity contribution in [2.75, 3.05) is 13.2 Å². The fraction of sp³-hybridized carbons (Fsp3) is 0.538. The van der Waals surface area contributed by atoms with Crippen molar-refractivity contribution in [3.63, 3.8) is 0 Å². The lowest BCUT2D eigenvalue weighted by Crippen LogP contribution is -2.22. The Labute approximate surface area is 104 Å². The van der Waals surface area contributed by atoms with Gasteiger partial charge in [0, 0.05) is 13.2 Å². The van der Waals surface area contributed by atoms with Gasteiger partial charge in [-0.2, -0.15) is 8.78 Å². The van der Waals surface area contributed by atoms with Crippen LogP contribution >= 0.6 is 0 Å². The third-order valence-electron chi connectivity index (χ3n) is 3.14. The van der Waals surface area contributed by atoms with E-state index in [2.05, 4.69) is 4.74 Å². The predicted octanol–water partition coefficient (Wildman–Crippen LogP) is 2.75. The topological polar surface area (TPSA) is 38.7 Å². The number of benzene rings is 1. The summed E-state index contributed by atoms with van der Waals surface area (Å²) in [7, 11) is 0. The molecule has 1 N–H and O–H groups in total. The van der Waals surface area contributed by atoms with Gasteiger partial charge in [0.2, 0.25) is 0 Å². The van der Waals surface area contributed by atoms with Crippen molar-refractivity contribution in [1.82, 2.24) is 0 Å². The quantitative estimate of drug-likeness (QED) is 0.902. The molecule has 1 fully saturated rings. The Bertz CT molecular complexity index is 378. The van der Waals surface area contributed by atoms with Gasteiger partial charge < -0.3 is 14.6 Å². The van der Waals surface area contributed by atoms with Crippen LogP contribution < -0.4 is 4.74 Å². The molecule has 5 heteroatoms. The van der Waals surface area contributed by atoms with Gasteiger partial charge in [0.15, 0.2) is 0 Å². The summed E-state index contributed by atoms with van der Waals surface area (Å²) in [5.41, 5.74) is 0.611. The van der Waals surface area contributed by atoms with Crippen molar-refractivity contribution >= 4 is 0 Å². The van der Waals surface area contributed by atoms with Crippen LogP contribution in [0.15, 0.2) is 24.3 Å². The second-order valence-electron chi connectivity index (χ2n) is 4.35. The van der Waals surface area contributed by atoms with E-state index in [4.69, 9.17) is 4.74 Å². The first-order valence-corrected chi connectivity index (χ1v) is 5.97. The molecule has 2 rings (SSSR count). The van der Waals surface area contributed by atoms with Gasteiger partial charge in [0.05, 0.1) is 6.10 Å². The summed E-state index contributed by atoms with van der Waals surface area (Å²) < 4.78 is 33.8. The maximum atomic E-state index is 12.1. The maximum absolute atomic E-state index is 12.1. The molecule has 0 amide bonds. The number of aliphatic hydroxyl groups excluding tert-OH is 1. The molecule has 1 saturated heterocycles. The molecular weight excluding hydrogens is 242 g/mol. The molecule has 1 heterocycles. The van der Waals surface area contributed by atoms with Crippen LogP contribution in [0.3, 0.4) is 0 Å². The van der Waals surface area contributed by atoms with Gasteiger partial charge in [0.1, 0.15) is 5.75 Å². The van der Waals surface area contributed by atoms with Crippen LogP contribution in [0.4, 0.5) is 8.78 Å². The molecule has 0 spiro atoms. The summed E-state index contributed by atoms with van der Waals surface area (Å²) in [4.78, 5) is 0. The van der Waals surface area contributed by atoms with E-state index in [-0.39, 0.29) is 11.7 Å². The minimum absolute atomic E-state index is 0.0774. The highest BCUT2D eigenvalue weighted by molar-refractivity contribution is 5.30. The molecule has 18 heavy (non-hydrogen) atoms. The lowest BCUT2D eigenvalue weighted by atomic mass is 9.89. The van der Waals surface area contributed by atoms with Gasteiger partial charge >= 0.3 is 6.61 Å². The molecule has 1 aromatic rings. The van der Waals surface area contributed by atoms with Crippen LogP contribution in [0.5, 0.6) is 5.75 Å².